The summed E-state index contributed by atoms with van der Waals surface area (Å²) in [5.74, 6) is 0.977. The van der Waals surface area contributed by atoms with Gasteiger partial charge in [-0.25, -0.2) is 0 Å². The summed E-state index contributed by atoms with van der Waals surface area (Å²) >= 11 is 0. The normalized spacial score (nSPS) is 11.4. The van der Waals surface area contributed by atoms with Crippen LogP contribution in [0, 0.1) is 0 Å². The summed E-state index contributed by atoms with van der Waals surface area (Å²) in [6, 6.07) is 18.2. The second-order valence-electron chi connectivity index (χ2n) is 5.40. The van der Waals surface area contributed by atoms with Crippen molar-refractivity contribution in [1.29, 1.82) is 0 Å². The number of furan rings is 1. The molecule has 2 aromatic carbocycles. The van der Waals surface area contributed by atoms with E-state index in [9.17, 15) is 0 Å². The fourth-order valence-corrected chi connectivity index (χ4v) is 2.50. The molecular formula is C18H19NO2. The molecule has 3 aromatic rings. The summed E-state index contributed by atoms with van der Waals surface area (Å²) in [6.07, 6.45) is 0. The maximum Gasteiger partial charge on any atom is 0.134 e. The van der Waals surface area contributed by atoms with Crippen molar-refractivity contribution in [3.8, 4) is 0 Å². The van der Waals surface area contributed by atoms with Gasteiger partial charge in [0.25, 0.3) is 0 Å². The lowest BCUT2D eigenvalue weighted by Gasteiger charge is -2.15. The number of fused-ring (bicyclic) bond motifs is 1. The highest BCUT2D eigenvalue weighted by Gasteiger charge is 2.07. The Hall–Kier alpha value is -2.10. The Morgan fingerprint density at radius 2 is 1.67 bits per heavy atom. The van der Waals surface area contributed by atoms with E-state index in [4.69, 9.17) is 9.52 Å². The van der Waals surface area contributed by atoms with Gasteiger partial charge in [-0.15, -0.1) is 0 Å². The lowest BCUT2D eigenvalue weighted by molar-refractivity contribution is 0.281. The largest absolute Gasteiger partial charge is 0.460 e. The van der Waals surface area contributed by atoms with E-state index >= 15 is 0 Å². The molecule has 1 heterocycles. The molecule has 21 heavy (non-hydrogen) atoms. The number of hydrogen-bond acceptors (Lipinski definition) is 3. The number of para-hydroxylation sites is 1. The summed E-state index contributed by atoms with van der Waals surface area (Å²) in [4.78, 5) is 2.21. The Morgan fingerprint density at radius 1 is 0.952 bits per heavy atom. The SMILES string of the molecule is CN(Cc1ccc(CO)cc1)Cc1cc2ccccc2o1. The van der Waals surface area contributed by atoms with Crippen LogP contribution in [-0.4, -0.2) is 17.1 Å². The lowest BCUT2D eigenvalue weighted by atomic mass is 10.1. The fourth-order valence-electron chi connectivity index (χ4n) is 2.50. The van der Waals surface area contributed by atoms with E-state index in [0.717, 1.165) is 35.4 Å². The van der Waals surface area contributed by atoms with Crippen LogP contribution in [0.4, 0.5) is 0 Å². The molecule has 3 nitrogen and oxygen atoms in total. The number of nitrogens with zero attached hydrogens (tertiary/aromatic N) is 1. The molecule has 0 fully saturated rings. The number of aliphatic hydroxyl groups excluding tert-OH is 1. The Morgan fingerprint density at radius 3 is 2.38 bits per heavy atom. The van der Waals surface area contributed by atoms with E-state index in [1.807, 2.05) is 30.3 Å². The minimum absolute atomic E-state index is 0.0924. The van der Waals surface area contributed by atoms with Crippen molar-refractivity contribution in [1.82, 2.24) is 4.90 Å². The van der Waals surface area contributed by atoms with Crippen molar-refractivity contribution >= 4 is 11.0 Å². The second kappa shape index (κ2) is 6.12. The van der Waals surface area contributed by atoms with Crippen LogP contribution in [0.5, 0.6) is 0 Å². The van der Waals surface area contributed by atoms with Gasteiger partial charge in [0, 0.05) is 11.9 Å². The highest BCUT2D eigenvalue weighted by Crippen LogP contribution is 2.20. The molecule has 108 valence electrons. The molecule has 0 radical (unpaired) electrons. The third-order valence-corrected chi connectivity index (χ3v) is 3.56. The van der Waals surface area contributed by atoms with Crippen molar-refractivity contribution < 1.29 is 9.52 Å². The van der Waals surface area contributed by atoms with E-state index in [1.54, 1.807) is 0 Å². The van der Waals surface area contributed by atoms with Crippen molar-refractivity contribution in [3.05, 3.63) is 71.5 Å². The van der Waals surface area contributed by atoms with E-state index < -0.39 is 0 Å². The smallest absolute Gasteiger partial charge is 0.134 e. The first-order valence-corrected chi connectivity index (χ1v) is 7.09. The van der Waals surface area contributed by atoms with Crippen LogP contribution in [-0.2, 0) is 19.7 Å². The van der Waals surface area contributed by atoms with Gasteiger partial charge >= 0.3 is 0 Å². The van der Waals surface area contributed by atoms with Crippen LogP contribution >= 0.6 is 0 Å². The van der Waals surface area contributed by atoms with Crippen LogP contribution in [0.15, 0.2) is 59.0 Å². The molecule has 0 aliphatic heterocycles. The summed E-state index contributed by atoms with van der Waals surface area (Å²) in [7, 11) is 2.08. The standard InChI is InChI=1S/C18H19NO2/c1-19(11-14-6-8-15(13-20)9-7-14)12-17-10-16-4-2-3-5-18(16)21-17/h2-10,20H,11-13H2,1H3. The van der Waals surface area contributed by atoms with Gasteiger partial charge in [-0.1, -0.05) is 42.5 Å². The number of rotatable bonds is 5. The average Bonchev–Trinajstić information content (AvgIpc) is 2.90. The van der Waals surface area contributed by atoms with Crippen LogP contribution < -0.4 is 0 Å². The summed E-state index contributed by atoms with van der Waals surface area (Å²) < 4.78 is 5.84. The van der Waals surface area contributed by atoms with Crippen LogP contribution in [0.3, 0.4) is 0 Å². The molecule has 0 spiro atoms. The Balaban J connectivity index is 1.66. The molecule has 1 aromatic heterocycles. The molecule has 1 N–H and O–H groups in total. The molecule has 0 saturated carbocycles. The third kappa shape index (κ3) is 3.32. The van der Waals surface area contributed by atoms with Crippen molar-refractivity contribution in [2.24, 2.45) is 0 Å². The molecule has 3 rings (SSSR count). The van der Waals surface area contributed by atoms with Gasteiger partial charge in [0.2, 0.25) is 0 Å². The molecule has 0 atom stereocenters. The highest BCUT2D eigenvalue weighted by atomic mass is 16.3. The Labute approximate surface area is 124 Å². The third-order valence-electron chi connectivity index (χ3n) is 3.56. The van der Waals surface area contributed by atoms with Gasteiger partial charge in [0.1, 0.15) is 11.3 Å². The molecule has 0 aliphatic carbocycles. The van der Waals surface area contributed by atoms with Crippen LogP contribution in [0.1, 0.15) is 16.9 Å². The van der Waals surface area contributed by atoms with Gasteiger partial charge in [-0.05, 0) is 30.3 Å². The zero-order valence-electron chi connectivity index (χ0n) is 12.1. The summed E-state index contributed by atoms with van der Waals surface area (Å²) in [5.41, 5.74) is 3.11. The van der Waals surface area contributed by atoms with Gasteiger partial charge in [-0.3, -0.25) is 4.90 Å². The average molecular weight is 281 g/mol. The molecule has 3 heteroatoms. The molecular weight excluding hydrogens is 262 g/mol. The zero-order valence-corrected chi connectivity index (χ0v) is 12.1. The fraction of sp³-hybridized carbons (Fsp3) is 0.222. The van der Waals surface area contributed by atoms with E-state index in [0.29, 0.717) is 0 Å². The van der Waals surface area contributed by atoms with E-state index in [1.165, 1.54) is 5.56 Å². The zero-order chi connectivity index (χ0) is 14.7. The molecule has 0 bridgehead atoms. The van der Waals surface area contributed by atoms with Crippen molar-refractivity contribution in [2.75, 3.05) is 7.05 Å². The lowest BCUT2D eigenvalue weighted by Crippen LogP contribution is -2.16. The minimum atomic E-state index is 0.0924. The summed E-state index contributed by atoms with van der Waals surface area (Å²) in [6.45, 7) is 1.72. The topological polar surface area (TPSA) is 36.6 Å². The maximum absolute atomic E-state index is 9.05. The first kappa shape index (κ1) is 13.9. The van der Waals surface area contributed by atoms with Crippen LogP contribution in [0.2, 0.25) is 0 Å². The van der Waals surface area contributed by atoms with E-state index in [-0.39, 0.29) is 6.61 Å². The Kier molecular flexibility index (Phi) is 4.04. The highest BCUT2D eigenvalue weighted by molar-refractivity contribution is 5.77. The summed E-state index contributed by atoms with van der Waals surface area (Å²) in [5, 5.41) is 10.2. The monoisotopic (exact) mass is 281 g/mol. The molecule has 0 amide bonds. The molecule has 0 saturated heterocycles. The van der Waals surface area contributed by atoms with Crippen molar-refractivity contribution in [3.63, 3.8) is 0 Å². The van der Waals surface area contributed by atoms with E-state index in [2.05, 4.69) is 36.2 Å². The predicted octanol–water partition coefficient (Wildman–Crippen LogP) is 3.56. The predicted molar refractivity (Wildman–Crippen MR) is 83.7 cm³/mol. The first-order chi connectivity index (χ1) is 10.2. The van der Waals surface area contributed by atoms with Crippen molar-refractivity contribution in [2.45, 2.75) is 19.7 Å². The number of hydrogen-bond donors (Lipinski definition) is 1. The first-order valence-electron chi connectivity index (χ1n) is 7.09. The maximum atomic E-state index is 9.05. The second-order valence-corrected chi connectivity index (χ2v) is 5.40. The number of benzene rings is 2. The van der Waals surface area contributed by atoms with Crippen LogP contribution in [0.25, 0.3) is 11.0 Å². The van der Waals surface area contributed by atoms with Gasteiger partial charge in [0.15, 0.2) is 0 Å². The Bertz CT molecular complexity index is 682. The molecule has 0 unspecified atom stereocenters. The van der Waals surface area contributed by atoms with Gasteiger partial charge < -0.3 is 9.52 Å². The van der Waals surface area contributed by atoms with Gasteiger partial charge in [-0.2, -0.15) is 0 Å². The quantitative estimate of drug-likeness (QED) is 0.777. The van der Waals surface area contributed by atoms with Gasteiger partial charge in [0.05, 0.1) is 13.2 Å². The number of aliphatic hydroxyl groups is 1. The minimum Gasteiger partial charge on any atom is -0.460 e. The molecule has 0 aliphatic rings.